The Balaban J connectivity index is 4.49. The minimum Gasteiger partial charge on any atom is -0.462 e. The van der Waals surface area contributed by atoms with E-state index in [0.29, 0.717) is 25.7 Å². The molecule has 59 heavy (non-hydrogen) atoms. The molecule has 0 bridgehead atoms. The standard InChI is InChI=1S/C46H83O12P/c1-4-5-23-30-41(48)31-25-20-16-14-17-21-26-32-42(49)33-28-35-45(51)55-38-44(39-57-59(53,54)56-37-43(50)36-47)58-46(52)34-27-22-18-13-11-9-7-6-8-10-12-15-19-24-29-40(2)3/h16-17,20-21,25-26,31-32,40-44,47-50H,4-15,18-19,22-24,27-30,33-39H2,1-3H3,(H,53,54)/b20-16-,21-17-,31-25+,32-26+/t41-,42-,43-,44+/m0/s1. The number of carbonyl (C=O) groups is 2. The lowest BCUT2D eigenvalue weighted by Crippen LogP contribution is -2.30. The van der Waals surface area contributed by atoms with E-state index in [4.69, 9.17) is 19.1 Å². The highest BCUT2D eigenvalue weighted by Gasteiger charge is 2.27. The van der Waals surface area contributed by atoms with E-state index in [1.54, 1.807) is 18.2 Å². The Kier molecular flexibility index (Phi) is 38.5. The lowest BCUT2D eigenvalue weighted by atomic mass is 10.0. The molecular formula is C46H83O12P. The number of rotatable bonds is 41. The highest BCUT2D eigenvalue weighted by Crippen LogP contribution is 2.43. The second-order valence-electron chi connectivity index (χ2n) is 16.0. The first-order chi connectivity index (χ1) is 28.4. The van der Waals surface area contributed by atoms with Crippen LogP contribution in [0.25, 0.3) is 0 Å². The van der Waals surface area contributed by atoms with E-state index >= 15 is 0 Å². The van der Waals surface area contributed by atoms with Crippen molar-refractivity contribution in [2.24, 2.45) is 5.92 Å². The predicted octanol–water partition coefficient (Wildman–Crippen LogP) is 9.91. The summed E-state index contributed by atoms with van der Waals surface area (Å²) in [5.41, 5.74) is 0. The highest BCUT2D eigenvalue weighted by molar-refractivity contribution is 7.47. The zero-order valence-corrected chi connectivity index (χ0v) is 37.7. The summed E-state index contributed by atoms with van der Waals surface area (Å²) in [6, 6.07) is 0. The molecule has 5 atom stereocenters. The van der Waals surface area contributed by atoms with Crippen LogP contribution in [-0.2, 0) is 32.7 Å². The van der Waals surface area contributed by atoms with Gasteiger partial charge in [0.2, 0.25) is 0 Å². The fourth-order valence-electron chi connectivity index (χ4n) is 6.04. The van der Waals surface area contributed by atoms with E-state index in [-0.39, 0.29) is 12.8 Å². The maximum atomic E-state index is 12.6. The molecule has 0 aliphatic heterocycles. The van der Waals surface area contributed by atoms with Crippen molar-refractivity contribution in [3.05, 3.63) is 48.6 Å². The SMILES string of the molecule is CCCCC[C@H](O)/C=C/C=C\C/C=C\C=C\[C@H](O)CCCC(=O)OC[C@H](COP(=O)(O)OC[C@@H](O)CO)OC(=O)CCCCCCCCCCCCCCCCC(C)C. The van der Waals surface area contributed by atoms with Gasteiger partial charge < -0.3 is 34.8 Å². The minimum absolute atomic E-state index is 0.00674. The minimum atomic E-state index is -4.67. The first kappa shape index (κ1) is 56.9. The van der Waals surface area contributed by atoms with Crippen LogP contribution in [0, 0.1) is 5.92 Å². The van der Waals surface area contributed by atoms with Crippen molar-refractivity contribution >= 4 is 19.8 Å². The van der Waals surface area contributed by atoms with Crippen LogP contribution in [0.1, 0.15) is 175 Å². The molecule has 0 radical (unpaired) electrons. The van der Waals surface area contributed by atoms with E-state index in [1.165, 1.54) is 70.6 Å². The van der Waals surface area contributed by atoms with Crippen molar-refractivity contribution in [3.63, 3.8) is 0 Å². The van der Waals surface area contributed by atoms with Crippen LogP contribution < -0.4 is 0 Å². The van der Waals surface area contributed by atoms with Crippen LogP contribution in [0.15, 0.2) is 48.6 Å². The second-order valence-corrected chi connectivity index (χ2v) is 17.4. The largest absolute Gasteiger partial charge is 0.472 e. The summed E-state index contributed by atoms with van der Waals surface area (Å²) in [6.45, 7) is 4.36. The number of esters is 2. The van der Waals surface area contributed by atoms with Crippen LogP contribution in [0.3, 0.4) is 0 Å². The van der Waals surface area contributed by atoms with Gasteiger partial charge in [-0.3, -0.25) is 18.6 Å². The average Bonchev–Trinajstić information content (AvgIpc) is 3.20. The van der Waals surface area contributed by atoms with E-state index in [2.05, 4.69) is 25.3 Å². The number of phosphoric acid groups is 1. The number of phosphoric ester groups is 1. The molecule has 5 N–H and O–H groups in total. The third-order valence-electron chi connectivity index (χ3n) is 9.62. The maximum absolute atomic E-state index is 12.6. The first-order valence-electron chi connectivity index (χ1n) is 22.7. The lowest BCUT2D eigenvalue weighted by Gasteiger charge is -2.20. The molecular weight excluding hydrogens is 775 g/mol. The highest BCUT2D eigenvalue weighted by atomic mass is 31.2. The number of allylic oxidation sites excluding steroid dienone is 6. The fraction of sp³-hybridized carbons (Fsp3) is 0.783. The zero-order valence-electron chi connectivity index (χ0n) is 36.8. The normalized spacial score (nSPS) is 15.4. The summed E-state index contributed by atoms with van der Waals surface area (Å²) < 4.78 is 32.6. The molecule has 1 unspecified atom stereocenters. The van der Waals surface area contributed by atoms with Crippen LogP contribution in [-0.4, -0.2) is 88.1 Å². The van der Waals surface area contributed by atoms with E-state index in [1.807, 2.05) is 30.4 Å². The molecule has 0 aliphatic carbocycles. The van der Waals surface area contributed by atoms with Crippen molar-refractivity contribution in [1.82, 2.24) is 0 Å². The molecule has 0 aliphatic rings. The van der Waals surface area contributed by atoms with Gasteiger partial charge in [0.15, 0.2) is 6.10 Å². The van der Waals surface area contributed by atoms with Gasteiger partial charge in [-0.2, -0.15) is 0 Å². The lowest BCUT2D eigenvalue weighted by molar-refractivity contribution is -0.161. The molecule has 0 aromatic rings. The summed E-state index contributed by atoms with van der Waals surface area (Å²) in [6.07, 6.45) is 34.3. The Morgan fingerprint density at radius 3 is 1.59 bits per heavy atom. The van der Waals surface area contributed by atoms with Crippen molar-refractivity contribution in [3.8, 4) is 0 Å². The summed E-state index contributed by atoms with van der Waals surface area (Å²) in [7, 11) is -4.67. The molecule has 0 saturated heterocycles. The fourth-order valence-corrected chi connectivity index (χ4v) is 6.83. The van der Waals surface area contributed by atoms with E-state index < -0.39 is 70.6 Å². The number of aliphatic hydroxyl groups excluding tert-OH is 4. The monoisotopic (exact) mass is 859 g/mol. The van der Waals surface area contributed by atoms with Gasteiger partial charge in [-0.05, 0) is 38.0 Å². The quantitative estimate of drug-likeness (QED) is 0.0170. The molecule has 0 fully saturated rings. The van der Waals surface area contributed by atoms with Crippen molar-refractivity contribution in [2.45, 2.75) is 199 Å². The van der Waals surface area contributed by atoms with E-state index in [0.717, 1.165) is 50.9 Å². The van der Waals surface area contributed by atoms with Gasteiger partial charge in [0.1, 0.15) is 12.7 Å². The third kappa shape index (κ3) is 41.0. The molecule has 0 spiro atoms. The summed E-state index contributed by atoms with van der Waals surface area (Å²) in [5.74, 6) is -0.341. The molecule has 344 valence electrons. The number of ether oxygens (including phenoxy) is 2. The number of unbranched alkanes of at least 4 members (excludes halogenated alkanes) is 15. The molecule has 13 heteroatoms. The maximum Gasteiger partial charge on any atom is 0.472 e. The van der Waals surface area contributed by atoms with Gasteiger partial charge >= 0.3 is 19.8 Å². The first-order valence-corrected chi connectivity index (χ1v) is 24.2. The van der Waals surface area contributed by atoms with E-state index in [9.17, 15) is 34.4 Å². The van der Waals surface area contributed by atoms with Gasteiger partial charge in [-0.1, -0.05) is 179 Å². The average molecular weight is 859 g/mol. The summed E-state index contributed by atoms with van der Waals surface area (Å²) in [4.78, 5) is 35.0. The van der Waals surface area contributed by atoms with Gasteiger partial charge in [0, 0.05) is 12.8 Å². The number of carbonyl (C=O) groups excluding carboxylic acids is 2. The molecule has 0 heterocycles. The van der Waals surface area contributed by atoms with Gasteiger partial charge in [0.05, 0.1) is 32.0 Å². The second kappa shape index (κ2) is 40.0. The van der Waals surface area contributed by atoms with Crippen molar-refractivity contribution in [2.75, 3.05) is 26.4 Å². The predicted molar refractivity (Wildman–Crippen MR) is 236 cm³/mol. The van der Waals surface area contributed by atoms with Gasteiger partial charge in [-0.15, -0.1) is 0 Å². The smallest absolute Gasteiger partial charge is 0.462 e. The molecule has 0 aromatic heterocycles. The Bertz CT molecular complexity index is 1170. The molecule has 0 saturated carbocycles. The molecule has 0 rings (SSSR count). The van der Waals surface area contributed by atoms with Crippen LogP contribution >= 0.6 is 7.82 Å². The Labute approximate surface area is 357 Å². The van der Waals surface area contributed by atoms with Crippen molar-refractivity contribution in [1.29, 1.82) is 0 Å². The van der Waals surface area contributed by atoms with Crippen LogP contribution in [0.2, 0.25) is 0 Å². The van der Waals surface area contributed by atoms with Gasteiger partial charge in [-0.25, -0.2) is 4.57 Å². The molecule has 0 aromatic carbocycles. The summed E-state index contributed by atoms with van der Waals surface area (Å²) >= 11 is 0. The number of hydrogen-bond acceptors (Lipinski definition) is 11. The van der Waals surface area contributed by atoms with Crippen molar-refractivity contribution < 1.29 is 58.0 Å². The topological polar surface area (TPSA) is 189 Å². The van der Waals surface area contributed by atoms with Gasteiger partial charge in [0.25, 0.3) is 0 Å². The van der Waals surface area contributed by atoms with Crippen LogP contribution in [0.5, 0.6) is 0 Å². The molecule has 0 amide bonds. The number of aliphatic hydroxyl groups is 4. The summed E-state index contributed by atoms with van der Waals surface area (Å²) in [5, 5.41) is 38.5. The molecule has 12 nitrogen and oxygen atoms in total. The van der Waals surface area contributed by atoms with Crippen LogP contribution in [0.4, 0.5) is 0 Å². The Hall–Kier alpha value is -2.15. The number of hydrogen-bond donors (Lipinski definition) is 5. The Morgan fingerprint density at radius 2 is 1.07 bits per heavy atom. The third-order valence-corrected chi connectivity index (χ3v) is 10.6. The zero-order chi connectivity index (χ0) is 43.8. The Morgan fingerprint density at radius 1 is 0.593 bits per heavy atom.